The first-order chi connectivity index (χ1) is 13.2. The zero-order valence-electron chi connectivity index (χ0n) is 14.7. The lowest BCUT2D eigenvalue weighted by atomic mass is 10.0. The van der Waals surface area contributed by atoms with Crippen molar-refractivity contribution in [2.75, 3.05) is 13.2 Å². The third kappa shape index (κ3) is 3.84. The van der Waals surface area contributed by atoms with Gasteiger partial charge in [-0.15, -0.1) is 0 Å². The van der Waals surface area contributed by atoms with Crippen LogP contribution in [0.15, 0.2) is 59.1 Å². The first-order valence-corrected chi connectivity index (χ1v) is 8.89. The Hall–Kier alpha value is -3.15. The summed E-state index contributed by atoms with van der Waals surface area (Å²) in [6, 6.07) is 15.5. The number of rotatable bonds is 5. The summed E-state index contributed by atoms with van der Waals surface area (Å²) in [6.45, 7) is 1.38. The molecule has 1 aromatic heterocycles. The average molecular weight is 366 g/mol. The maximum atomic E-state index is 13.2. The van der Waals surface area contributed by atoms with E-state index >= 15 is 0 Å². The van der Waals surface area contributed by atoms with Gasteiger partial charge in [0.1, 0.15) is 11.6 Å². The highest BCUT2D eigenvalue weighted by molar-refractivity contribution is 5.77. The van der Waals surface area contributed by atoms with Crippen molar-refractivity contribution in [1.82, 2.24) is 10.1 Å². The number of para-hydroxylation sites is 1. The Bertz CT molecular complexity index is 922. The minimum absolute atomic E-state index is 0.0304. The van der Waals surface area contributed by atoms with Gasteiger partial charge in [0.15, 0.2) is 5.76 Å². The third-order valence-electron chi connectivity index (χ3n) is 4.62. The van der Waals surface area contributed by atoms with Gasteiger partial charge in [-0.1, -0.05) is 23.4 Å². The van der Waals surface area contributed by atoms with Crippen LogP contribution in [0.2, 0.25) is 0 Å². The van der Waals surface area contributed by atoms with Crippen LogP contribution in [0.1, 0.15) is 17.7 Å². The molecule has 0 fully saturated rings. The lowest BCUT2D eigenvalue weighted by Crippen LogP contribution is -2.36. The second-order valence-electron chi connectivity index (χ2n) is 6.42. The predicted molar refractivity (Wildman–Crippen MR) is 97.6 cm³/mol. The number of nitrogens with zero attached hydrogens (tertiary/aromatic N) is 2. The minimum atomic E-state index is -0.303. The summed E-state index contributed by atoms with van der Waals surface area (Å²) >= 11 is 0. The molecule has 138 valence electrons. The predicted octanol–water partition coefficient (Wildman–Crippen LogP) is 3.83. The number of hydrogen-bond donors (Lipinski definition) is 0. The van der Waals surface area contributed by atoms with Crippen LogP contribution < -0.4 is 4.74 Å². The molecule has 3 aromatic rings. The van der Waals surface area contributed by atoms with Gasteiger partial charge in [0.25, 0.3) is 0 Å². The van der Waals surface area contributed by atoms with Crippen molar-refractivity contribution in [3.8, 4) is 17.1 Å². The van der Waals surface area contributed by atoms with Gasteiger partial charge in [-0.05, 0) is 36.4 Å². The summed E-state index contributed by atoms with van der Waals surface area (Å²) in [5.74, 6) is 1.08. The smallest absolute Gasteiger partial charge is 0.226 e. The van der Waals surface area contributed by atoms with Crippen molar-refractivity contribution in [2.45, 2.75) is 19.4 Å². The van der Waals surface area contributed by atoms with E-state index in [9.17, 15) is 9.18 Å². The molecule has 0 unspecified atom stereocenters. The number of carbonyl (C=O) groups excluding carboxylic acids is 1. The third-order valence-corrected chi connectivity index (χ3v) is 4.62. The van der Waals surface area contributed by atoms with Crippen LogP contribution >= 0.6 is 0 Å². The standard InChI is InChI=1S/C21H19FN2O3/c22-16-8-6-15(7-9-16)21-18-14-24(12-10-19(18)23-27-21)20(25)11-13-26-17-4-2-1-3-5-17/h1-9H,10-14H2. The fourth-order valence-corrected chi connectivity index (χ4v) is 3.18. The monoisotopic (exact) mass is 366 g/mol. The maximum absolute atomic E-state index is 13.2. The molecule has 6 heteroatoms. The average Bonchev–Trinajstić information content (AvgIpc) is 3.12. The first kappa shape index (κ1) is 17.3. The Morgan fingerprint density at radius 2 is 1.93 bits per heavy atom. The highest BCUT2D eigenvalue weighted by Gasteiger charge is 2.27. The van der Waals surface area contributed by atoms with E-state index in [1.807, 2.05) is 30.3 Å². The Kier molecular flexibility index (Phi) is 4.87. The number of ether oxygens (including phenoxy) is 1. The van der Waals surface area contributed by atoms with Crippen LogP contribution in [0, 0.1) is 5.82 Å². The Balaban J connectivity index is 1.41. The van der Waals surface area contributed by atoms with E-state index < -0.39 is 0 Å². The van der Waals surface area contributed by atoms with Gasteiger partial charge in [-0.3, -0.25) is 4.79 Å². The lowest BCUT2D eigenvalue weighted by Gasteiger charge is -2.26. The van der Waals surface area contributed by atoms with Crippen LogP contribution in [0.5, 0.6) is 5.75 Å². The van der Waals surface area contributed by atoms with Gasteiger partial charge in [-0.2, -0.15) is 0 Å². The summed E-state index contributed by atoms with van der Waals surface area (Å²) in [4.78, 5) is 14.4. The number of amides is 1. The van der Waals surface area contributed by atoms with E-state index in [0.717, 1.165) is 22.6 Å². The largest absolute Gasteiger partial charge is 0.493 e. The zero-order chi connectivity index (χ0) is 18.6. The summed E-state index contributed by atoms with van der Waals surface area (Å²) in [7, 11) is 0. The molecule has 5 nitrogen and oxygen atoms in total. The molecule has 0 saturated heterocycles. The molecule has 0 aliphatic carbocycles. The molecule has 1 aliphatic heterocycles. The number of fused-ring (bicyclic) bond motifs is 1. The maximum Gasteiger partial charge on any atom is 0.226 e. The number of aromatic nitrogens is 1. The molecule has 0 spiro atoms. The van der Waals surface area contributed by atoms with Crippen molar-refractivity contribution in [1.29, 1.82) is 0 Å². The molecule has 0 saturated carbocycles. The number of carbonyl (C=O) groups is 1. The van der Waals surface area contributed by atoms with Crippen molar-refractivity contribution < 1.29 is 18.4 Å². The molecule has 1 aliphatic rings. The number of hydrogen-bond acceptors (Lipinski definition) is 4. The normalized spacial score (nSPS) is 13.3. The molecule has 27 heavy (non-hydrogen) atoms. The van der Waals surface area contributed by atoms with E-state index in [0.29, 0.717) is 38.3 Å². The highest BCUT2D eigenvalue weighted by Crippen LogP contribution is 2.30. The minimum Gasteiger partial charge on any atom is -0.493 e. The quantitative estimate of drug-likeness (QED) is 0.689. The lowest BCUT2D eigenvalue weighted by molar-refractivity contribution is -0.132. The molecule has 2 heterocycles. The molecule has 1 amide bonds. The zero-order valence-corrected chi connectivity index (χ0v) is 14.7. The second kappa shape index (κ2) is 7.61. The van der Waals surface area contributed by atoms with Crippen LogP contribution in [0.3, 0.4) is 0 Å². The van der Waals surface area contributed by atoms with E-state index in [1.165, 1.54) is 12.1 Å². The molecule has 0 N–H and O–H groups in total. The van der Waals surface area contributed by atoms with Crippen LogP contribution in [0.25, 0.3) is 11.3 Å². The van der Waals surface area contributed by atoms with Gasteiger partial charge in [0, 0.05) is 24.1 Å². The van der Waals surface area contributed by atoms with Crippen LogP contribution in [-0.2, 0) is 17.8 Å². The van der Waals surface area contributed by atoms with Crippen molar-refractivity contribution >= 4 is 5.91 Å². The van der Waals surface area contributed by atoms with E-state index in [1.54, 1.807) is 17.0 Å². The van der Waals surface area contributed by atoms with E-state index in [4.69, 9.17) is 9.26 Å². The molecular formula is C21H19FN2O3. The van der Waals surface area contributed by atoms with Gasteiger partial charge in [0.05, 0.1) is 25.3 Å². The van der Waals surface area contributed by atoms with Crippen LogP contribution in [-0.4, -0.2) is 29.1 Å². The van der Waals surface area contributed by atoms with Crippen LogP contribution in [0.4, 0.5) is 4.39 Å². The molecule has 0 atom stereocenters. The molecule has 0 radical (unpaired) electrons. The summed E-state index contributed by atoms with van der Waals surface area (Å²) in [5, 5.41) is 4.12. The number of halogens is 1. The number of benzene rings is 2. The van der Waals surface area contributed by atoms with E-state index in [-0.39, 0.29) is 11.7 Å². The summed E-state index contributed by atoms with van der Waals surface area (Å²) < 4.78 is 24.3. The van der Waals surface area contributed by atoms with Crippen molar-refractivity contribution in [3.05, 3.63) is 71.7 Å². The molecular weight excluding hydrogens is 347 g/mol. The SMILES string of the molecule is O=C(CCOc1ccccc1)N1CCc2noc(-c3ccc(F)cc3)c2C1. The highest BCUT2D eigenvalue weighted by atomic mass is 19.1. The van der Waals surface area contributed by atoms with E-state index in [2.05, 4.69) is 5.16 Å². The van der Waals surface area contributed by atoms with Gasteiger partial charge >= 0.3 is 0 Å². The fourth-order valence-electron chi connectivity index (χ4n) is 3.18. The first-order valence-electron chi connectivity index (χ1n) is 8.89. The Morgan fingerprint density at radius 3 is 2.70 bits per heavy atom. The Morgan fingerprint density at radius 1 is 1.15 bits per heavy atom. The van der Waals surface area contributed by atoms with Gasteiger partial charge in [0.2, 0.25) is 5.91 Å². The summed E-state index contributed by atoms with van der Waals surface area (Å²) in [6.07, 6.45) is 0.951. The Labute approximate surface area is 156 Å². The molecule has 0 bridgehead atoms. The van der Waals surface area contributed by atoms with Gasteiger partial charge < -0.3 is 14.2 Å². The summed E-state index contributed by atoms with van der Waals surface area (Å²) in [5.41, 5.74) is 2.51. The molecule has 4 rings (SSSR count). The van der Waals surface area contributed by atoms with Crippen molar-refractivity contribution in [2.24, 2.45) is 0 Å². The fraction of sp³-hybridized carbons (Fsp3) is 0.238. The molecule has 2 aromatic carbocycles. The second-order valence-corrected chi connectivity index (χ2v) is 6.42. The van der Waals surface area contributed by atoms with Crippen molar-refractivity contribution in [3.63, 3.8) is 0 Å². The van der Waals surface area contributed by atoms with Gasteiger partial charge in [-0.25, -0.2) is 4.39 Å². The topological polar surface area (TPSA) is 55.6 Å².